The van der Waals surface area contributed by atoms with Crippen molar-refractivity contribution in [3.63, 3.8) is 0 Å². The zero-order chi connectivity index (χ0) is 12.5. The normalized spacial score (nSPS) is 14.8. The summed E-state index contributed by atoms with van der Waals surface area (Å²) in [5.74, 6) is 0. The number of hydrogen-bond donors (Lipinski definition) is 2. The first kappa shape index (κ1) is 12.0. The van der Waals surface area contributed by atoms with Gasteiger partial charge in [0.1, 0.15) is 0 Å². The molecule has 0 amide bonds. The molecule has 17 heavy (non-hydrogen) atoms. The monoisotopic (exact) mass is 230 g/mol. The van der Waals surface area contributed by atoms with Gasteiger partial charge in [-0.25, -0.2) is 0 Å². The molecular formula is C14H18N2O. The third-order valence-electron chi connectivity index (χ3n) is 2.97. The molecule has 0 spiro atoms. The van der Waals surface area contributed by atoms with Crippen LogP contribution in [0, 0.1) is 6.92 Å². The topological polar surface area (TPSA) is 45.1 Å². The molecule has 0 saturated heterocycles. The fourth-order valence-electron chi connectivity index (χ4n) is 2.01. The highest BCUT2D eigenvalue weighted by molar-refractivity contribution is 5.79. The number of aromatic nitrogens is 1. The smallest absolute Gasteiger partial charge is 0.0992 e. The van der Waals surface area contributed by atoms with E-state index in [2.05, 4.69) is 10.3 Å². The second-order valence-corrected chi connectivity index (χ2v) is 4.66. The fraction of sp³-hybridized carbons (Fsp3) is 0.357. The Labute approximate surface area is 102 Å². The minimum atomic E-state index is -0.853. The van der Waals surface area contributed by atoms with Crippen LogP contribution < -0.4 is 5.32 Å². The maximum absolute atomic E-state index is 10.3. The van der Waals surface area contributed by atoms with Crippen LogP contribution in [0.1, 0.15) is 18.2 Å². The number of aryl methyl sites for hydroxylation is 1. The summed E-state index contributed by atoms with van der Waals surface area (Å²) in [5, 5.41) is 14.4. The first-order valence-electron chi connectivity index (χ1n) is 5.78. The van der Waals surface area contributed by atoms with Gasteiger partial charge in [0.05, 0.1) is 11.1 Å². The highest BCUT2D eigenvalue weighted by atomic mass is 16.3. The second-order valence-electron chi connectivity index (χ2n) is 4.66. The average Bonchev–Trinajstić information content (AvgIpc) is 2.28. The lowest BCUT2D eigenvalue weighted by molar-refractivity contribution is 0.0593. The van der Waals surface area contributed by atoms with Crippen LogP contribution in [0.5, 0.6) is 0 Å². The molecule has 0 aliphatic heterocycles. The minimum absolute atomic E-state index is 0.526. The molecule has 1 aromatic carbocycles. The fourth-order valence-corrected chi connectivity index (χ4v) is 2.01. The molecule has 1 unspecified atom stereocenters. The van der Waals surface area contributed by atoms with Crippen molar-refractivity contribution < 1.29 is 5.11 Å². The summed E-state index contributed by atoms with van der Waals surface area (Å²) in [6, 6.07) is 9.92. The van der Waals surface area contributed by atoms with E-state index in [-0.39, 0.29) is 0 Å². The molecule has 90 valence electrons. The summed E-state index contributed by atoms with van der Waals surface area (Å²) in [6.45, 7) is 4.31. The van der Waals surface area contributed by atoms with Crippen LogP contribution >= 0.6 is 0 Å². The van der Waals surface area contributed by atoms with Crippen molar-refractivity contribution in [2.45, 2.75) is 19.4 Å². The minimum Gasteiger partial charge on any atom is -0.384 e. The Morgan fingerprint density at radius 3 is 2.76 bits per heavy atom. The number of likely N-dealkylation sites (N-methyl/N-ethyl adjacent to an activating group) is 1. The lowest BCUT2D eigenvalue weighted by Gasteiger charge is -2.23. The van der Waals surface area contributed by atoms with Gasteiger partial charge in [-0.2, -0.15) is 0 Å². The molecular weight excluding hydrogens is 212 g/mol. The molecule has 3 heteroatoms. The molecule has 0 bridgehead atoms. The van der Waals surface area contributed by atoms with Gasteiger partial charge in [0.15, 0.2) is 0 Å². The number of nitrogens with one attached hydrogen (secondary N) is 1. The lowest BCUT2D eigenvalue weighted by atomic mass is 9.94. The highest BCUT2D eigenvalue weighted by Crippen LogP contribution is 2.23. The number of fused-ring (bicyclic) bond motifs is 1. The van der Waals surface area contributed by atoms with Crippen molar-refractivity contribution in [1.29, 1.82) is 0 Å². The molecule has 2 aromatic rings. The Morgan fingerprint density at radius 1 is 1.29 bits per heavy atom. The summed E-state index contributed by atoms with van der Waals surface area (Å²) in [4.78, 5) is 4.45. The van der Waals surface area contributed by atoms with Crippen LogP contribution in [0.2, 0.25) is 0 Å². The molecule has 0 saturated carbocycles. The predicted octanol–water partition coefficient (Wildman–Crippen LogP) is 1.97. The van der Waals surface area contributed by atoms with E-state index in [1.54, 1.807) is 0 Å². The number of benzene rings is 1. The van der Waals surface area contributed by atoms with Gasteiger partial charge in [0.2, 0.25) is 0 Å². The van der Waals surface area contributed by atoms with Crippen molar-refractivity contribution in [3.8, 4) is 0 Å². The van der Waals surface area contributed by atoms with Gasteiger partial charge in [-0.3, -0.25) is 4.98 Å². The average molecular weight is 230 g/mol. The Morgan fingerprint density at radius 2 is 2.06 bits per heavy atom. The molecule has 1 heterocycles. The van der Waals surface area contributed by atoms with E-state index < -0.39 is 5.60 Å². The molecule has 3 nitrogen and oxygen atoms in total. The van der Waals surface area contributed by atoms with Crippen molar-refractivity contribution in [2.75, 3.05) is 13.6 Å². The largest absolute Gasteiger partial charge is 0.384 e. The van der Waals surface area contributed by atoms with Crippen molar-refractivity contribution in [3.05, 3.63) is 41.6 Å². The lowest BCUT2D eigenvalue weighted by Crippen LogP contribution is -2.33. The molecule has 0 fully saturated rings. The Hall–Kier alpha value is -1.45. The maximum atomic E-state index is 10.3. The van der Waals surface area contributed by atoms with Gasteiger partial charge < -0.3 is 10.4 Å². The summed E-state index contributed by atoms with van der Waals surface area (Å²) < 4.78 is 0. The third-order valence-corrected chi connectivity index (χ3v) is 2.97. The predicted molar refractivity (Wildman–Crippen MR) is 70.0 cm³/mol. The van der Waals surface area contributed by atoms with Gasteiger partial charge in [0.25, 0.3) is 0 Å². The van der Waals surface area contributed by atoms with Gasteiger partial charge in [0, 0.05) is 17.6 Å². The first-order chi connectivity index (χ1) is 8.03. The van der Waals surface area contributed by atoms with Gasteiger partial charge >= 0.3 is 0 Å². The highest BCUT2D eigenvalue weighted by Gasteiger charge is 2.22. The van der Waals surface area contributed by atoms with Crippen LogP contribution in [-0.2, 0) is 5.60 Å². The number of rotatable bonds is 3. The van der Waals surface area contributed by atoms with Crippen LogP contribution in [0.25, 0.3) is 10.9 Å². The Balaban J connectivity index is 2.48. The number of pyridine rings is 1. The van der Waals surface area contributed by atoms with E-state index in [9.17, 15) is 5.11 Å². The quantitative estimate of drug-likeness (QED) is 0.847. The van der Waals surface area contributed by atoms with E-state index in [1.165, 1.54) is 0 Å². The number of hydrogen-bond acceptors (Lipinski definition) is 3. The second kappa shape index (κ2) is 4.43. The third kappa shape index (κ3) is 2.46. The summed E-state index contributed by atoms with van der Waals surface area (Å²) in [6.07, 6.45) is 0. The van der Waals surface area contributed by atoms with Crippen LogP contribution in [-0.4, -0.2) is 23.7 Å². The molecule has 1 aromatic heterocycles. The SMILES string of the molecule is CNCC(C)(O)c1ccc2nc(C)ccc2c1. The van der Waals surface area contributed by atoms with Gasteiger partial charge in [-0.05, 0) is 44.7 Å². The molecule has 0 aliphatic carbocycles. The summed E-state index contributed by atoms with van der Waals surface area (Å²) in [5.41, 5.74) is 2.03. The van der Waals surface area contributed by atoms with Crippen molar-refractivity contribution >= 4 is 10.9 Å². The van der Waals surface area contributed by atoms with Crippen LogP contribution in [0.3, 0.4) is 0 Å². The van der Waals surface area contributed by atoms with E-state index in [0.717, 1.165) is 22.2 Å². The molecule has 2 rings (SSSR count). The number of aliphatic hydroxyl groups is 1. The van der Waals surface area contributed by atoms with E-state index in [0.29, 0.717) is 6.54 Å². The van der Waals surface area contributed by atoms with Crippen LogP contribution in [0.4, 0.5) is 0 Å². The standard InChI is InChI=1S/C14H18N2O/c1-10-4-5-11-8-12(6-7-13(11)16-10)14(2,17)9-15-3/h4-8,15,17H,9H2,1-3H3. The zero-order valence-corrected chi connectivity index (χ0v) is 10.5. The molecule has 0 aliphatic rings. The first-order valence-corrected chi connectivity index (χ1v) is 5.78. The maximum Gasteiger partial charge on any atom is 0.0992 e. The van der Waals surface area contributed by atoms with E-state index >= 15 is 0 Å². The molecule has 2 N–H and O–H groups in total. The zero-order valence-electron chi connectivity index (χ0n) is 10.5. The summed E-state index contributed by atoms with van der Waals surface area (Å²) in [7, 11) is 1.83. The van der Waals surface area contributed by atoms with Gasteiger partial charge in [-0.1, -0.05) is 12.1 Å². The Bertz CT molecular complexity index is 535. The van der Waals surface area contributed by atoms with Crippen molar-refractivity contribution in [1.82, 2.24) is 10.3 Å². The van der Waals surface area contributed by atoms with Crippen LogP contribution in [0.15, 0.2) is 30.3 Å². The van der Waals surface area contributed by atoms with E-state index in [1.807, 2.05) is 51.2 Å². The summed E-state index contributed by atoms with van der Waals surface area (Å²) >= 11 is 0. The van der Waals surface area contributed by atoms with Crippen molar-refractivity contribution in [2.24, 2.45) is 0 Å². The van der Waals surface area contributed by atoms with Gasteiger partial charge in [-0.15, -0.1) is 0 Å². The number of nitrogens with zero attached hydrogens (tertiary/aromatic N) is 1. The van der Waals surface area contributed by atoms with E-state index in [4.69, 9.17) is 0 Å². The molecule has 1 atom stereocenters. The molecule has 0 radical (unpaired) electrons. The Kier molecular flexibility index (Phi) is 3.13.